The first-order chi connectivity index (χ1) is 9.03. The van der Waals surface area contributed by atoms with Gasteiger partial charge in [-0.15, -0.1) is 0 Å². The summed E-state index contributed by atoms with van der Waals surface area (Å²) in [5, 5.41) is 3.22. The molecule has 0 saturated heterocycles. The lowest BCUT2D eigenvalue weighted by molar-refractivity contribution is -0.148. The Kier molecular flexibility index (Phi) is 5.83. The summed E-state index contributed by atoms with van der Waals surface area (Å²) in [5.41, 5.74) is 0.512. The van der Waals surface area contributed by atoms with E-state index in [1.165, 1.54) is 7.11 Å². The first-order valence-electron chi connectivity index (χ1n) is 6.63. The van der Waals surface area contributed by atoms with Crippen LogP contribution < -0.4 is 10.2 Å². The fourth-order valence-electron chi connectivity index (χ4n) is 2.08. The molecule has 0 aliphatic heterocycles. The third-order valence-corrected chi connectivity index (χ3v) is 3.35. The zero-order valence-corrected chi connectivity index (χ0v) is 12.3. The zero-order valence-electron chi connectivity index (χ0n) is 12.3. The van der Waals surface area contributed by atoms with Crippen LogP contribution in [0.5, 0.6) is 0 Å². The average molecular weight is 264 g/mol. The first-order valence-corrected chi connectivity index (χ1v) is 6.63. The summed E-state index contributed by atoms with van der Waals surface area (Å²) < 4.78 is 4.89. The molecule has 106 valence electrons. The Labute approximate surface area is 115 Å². The summed E-state index contributed by atoms with van der Waals surface area (Å²) in [4.78, 5) is 14.0. The Morgan fingerprint density at radius 1 is 1.37 bits per heavy atom. The van der Waals surface area contributed by atoms with Gasteiger partial charge in [0.1, 0.15) is 5.54 Å². The van der Waals surface area contributed by atoms with Gasteiger partial charge in [-0.05, 0) is 32.0 Å². The summed E-state index contributed by atoms with van der Waals surface area (Å²) in [6.07, 6.45) is 0.693. The number of rotatable bonds is 7. The van der Waals surface area contributed by atoms with Gasteiger partial charge in [0, 0.05) is 19.3 Å². The second kappa shape index (κ2) is 7.14. The molecule has 0 fully saturated rings. The molecule has 1 rings (SSSR count). The molecule has 19 heavy (non-hydrogen) atoms. The second-order valence-corrected chi connectivity index (χ2v) is 4.86. The van der Waals surface area contributed by atoms with Gasteiger partial charge in [-0.1, -0.05) is 25.1 Å². The number of benzene rings is 1. The van der Waals surface area contributed by atoms with Crippen LogP contribution in [0.4, 0.5) is 5.69 Å². The van der Waals surface area contributed by atoms with Gasteiger partial charge in [0.15, 0.2) is 0 Å². The fourth-order valence-corrected chi connectivity index (χ4v) is 2.08. The lowest BCUT2D eigenvalue weighted by Gasteiger charge is -2.30. The summed E-state index contributed by atoms with van der Waals surface area (Å²) in [6, 6.07) is 10.1. The Morgan fingerprint density at radius 2 is 2.00 bits per heavy atom. The lowest BCUT2D eigenvalue weighted by atomic mass is 9.97. The number of nitrogens with zero attached hydrogens (tertiary/aromatic N) is 1. The van der Waals surface area contributed by atoms with Crippen LogP contribution in [0.3, 0.4) is 0 Å². The van der Waals surface area contributed by atoms with Gasteiger partial charge in [-0.3, -0.25) is 4.79 Å². The van der Waals surface area contributed by atoms with E-state index in [1.54, 1.807) is 0 Å². The van der Waals surface area contributed by atoms with Crippen LogP contribution in [-0.2, 0) is 9.53 Å². The quantitative estimate of drug-likeness (QED) is 0.765. The monoisotopic (exact) mass is 264 g/mol. The molecule has 0 aliphatic carbocycles. The highest BCUT2D eigenvalue weighted by molar-refractivity contribution is 5.80. The van der Waals surface area contributed by atoms with Crippen molar-refractivity contribution in [2.24, 2.45) is 0 Å². The smallest absolute Gasteiger partial charge is 0.325 e. The molecule has 1 unspecified atom stereocenters. The van der Waals surface area contributed by atoms with Gasteiger partial charge in [0.25, 0.3) is 0 Å². The number of hydrogen-bond acceptors (Lipinski definition) is 4. The van der Waals surface area contributed by atoms with Gasteiger partial charge in [0.2, 0.25) is 0 Å². The van der Waals surface area contributed by atoms with Crippen molar-refractivity contribution in [3.8, 4) is 0 Å². The van der Waals surface area contributed by atoms with E-state index in [-0.39, 0.29) is 5.97 Å². The molecule has 0 radical (unpaired) electrons. The van der Waals surface area contributed by atoms with Crippen molar-refractivity contribution in [3.05, 3.63) is 30.3 Å². The number of hydrogen-bond donors (Lipinski definition) is 1. The number of esters is 1. The second-order valence-electron chi connectivity index (χ2n) is 4.86. The fraction of sp³-hybridized carbons (Fsp3) is 0.533. The standard InChI is InChI=1S/C15H24N2O2/c1-5-16-15(2,14(18)19-4)11-12-17(3)13-9-7-6-8-10-13/h6-10,16H,5,11-12H2,1-4H3. The maximum absolute atomic E-state index is 11.9. The number of methoxy groups -OCH3 is 1. The summed E-state index contributed by atoms with van der Waals surface area (Å²) in [7, 11) is 3.46. The maximum atomic E-state index is 11.9. The van der Waals surface area contributed by atoms with Crippen molar-refractivity contribution in [2.45, 2.75) is 25.8 Å². The zero-order chi connectivity index (χ0) is 14.3. The SMILES string of the molecule is CCNC(C)(CCN(C)c1ccccc1)C(=O)OC. The van der Waals surface area contributed by atoms with Crippen molar-refractivity contribution < 1.29 is 9.53 Å². The summed E-state index contributed by atoms with van der Waals surface area (Å²) in [6.45, 7) is 5.40. The van der Waals surface area contributed by atoms with E-state index in [1.807, 2.05) is 39.1 Å². The van der Waals surface area contributed by atoms with Crippen molar-refractivity contribution in [1.29, 1.82) is 0 Å². The number of anilines is 1. The van der Waals surface area contributed by atoms with Gasteiger partial charge >= 0.3 is 5.97 Å². The lowest BCUT2D eigenvalue weighted by Crippen LogP contribution is -2.51. The average Bonchev–Trinajstić information content (AvgIpc) is 2.45. The van der Waals surface area contributed by atoms with E-state index in [9.17, 15) is 4.79 Å². The van der Waals surface area contributed by atoms with Gasteiger partial charge in [-0.2, -0.15) is 0 Å². The molecule has 1 atom stereocenters. The molecule has 0 saturated carbocycles. The van der Waals surface area contributed by atoms with Crippen molar-refractivity contribution >= 4 is 11.7 Å². The molecule has 0 spiro atoms. The molecular weight excluding hydrogens is 240 g/mol. The number of para-hydroxylation sites is 1. The summed E-state index contributed by atoms with van der Waals surface area (Å²) in [5.74, 6) is -0.212. The Hall–Kier alpha value is -1.55. The molecular formula is C15H24N2O2. The third-order valence-electron chi connectivity index (χ3n) is 3.35. The highest BCUT2D eigenvalue weighted by Gasteiger charge is 2.33. The minimum atomic E-state index is -0.632. The Morgan fingerprint density at radius 3 is 2.53 bits per heavy atom. The highest BCUT2D eigenvalue weighted by atomic mass is 16.5. The van der Waals surface area contributed by atoms with Crippen molar-refractivity contribution in [2.75, 3.05) is 32.1 Å². The molecule has 1 aromatic rings. The van der Waals surface area contributed by atoms with E-state index in [0.717, 1.165) is 18.8 Å². The molecule has 0 aliphatic rings. The number of carbonyl (C=O) groups excluding carboxylic acids is 1. The minimum absolute atomic E-state index is 0.212. The van der Waals surface area contributed by atoms with Crippen LogP contribution >= 0.6 is 0 Å². The maximum Gasteiger partial charge on any atom is 0.325 e. The van der Waals surface area contributed by atoms with E-state index in [4.69, 9.17) is 4.74 Å². The van der Waals surface area contributed by atoms with Gasteiger partial charge in [0.05, 0.1) is 7.11 Å². The molecule has 0 bridgehead atoms. The van der Waals surface area contributed by atoms with E-state index >= 15 is 0 Å². The Bertz CT molecular complexity index is 394. The number of nitrogens with one attached hydrogen (secondary N) is 1. The molecule has 0 aromatic heterocycles. The van der Waals surface area contributed by atoms with E-state index in [2.05, 4.69) is 22.3 Å². The number of ether oxygens (including phenoxy) is 1. The number of carbonyl (C=O) groups is 1. The van der Waals surface area contributed by atoms with Crippen LogP contribution in [-0.4, -0.2) is 38.8 Å². The molecule has 4 heteroatoms. The molecule has 1 aromatic carbocycles. The molecule has 4 nitrogen and oxygen atoms in total. The topological polar surface area (TPSA) is 41.6 Å². The Balaban J connectivity index is 2.64. The molecule has 0 amide bonds. The van der Waals surface area contributed by atoms with Crippen LogP contribution in [0.2, 0.25) is 0 Å². The van der Waals surface area contributed by atoms with Crippen molar-refractivity contribution in [3.63, 3.8) is 0 Å². The minimum Gasteiger partial charge on any atom is -0.468 e. The van der Waals surface area contributed by atoms with E-state index < -0.39 is 5.54 Å². The summed E-state index contributed by atoms with van der Waals surface area (Å²) >= 11 is 0. The van der Waals surface area contributed by atoms with Crippen LogP contribution in [0.15, 0.2) is 30.3 Å². The highest BCUT2D eigenvalue weighted by Crippen LogP contribution is 2.16. The van der Waals surface area contributed by atoms with Crippen LogP contribution in [0, 0.1) is 0 Å². The normalized spacial score (nSPS) is 13.7. The van der Waals surface area contributed by atoms with Gasteiger partial charge < -0.3 is 15.0 Å². The first kappa shape index (κ1) is 15.5. The van der Waals surface area contributed by atoms with Crippen LogP contribution in [0.25, 0.3) is 0 Å². The molecule has 1 N–H and O–H groups in total. The predicted molar refractivity (Wildman–Crippen MR) is 78.4 cm³/mol. The molecule has 0 heterocycles. The predicted octanol–water partition coefficient (Wildman–Crippen LogP) is 2.05. The van der Waals surface area contributed by atoms with Gasteiger partial charge in [-0.25, -0.2) is 0 Å². The van der Waals surface area contributed by atoms with Crippen LogP contribution in [0.1, 0.15) is 20.3 Å². The largest absolute Gasteiger partial charge is 0.468 e. The van der Waals surface area contributed by atoms with E-state index in [0.29, 0.717) is 6.42 Å². The van der Waals surface area contributed by atoms with Crippen molar-refractivity contribution in [1.82, 2.24) is 5.32 Å². The number of likely N-dealkylation sites (N-methyl/N-ethyl adjacent to an activating group) is 1. The third kappa shape index (κ3) is 4.24.